The van der Waals surface area contributed by atoms with Crippen LogP contribution in [0.3, 0.4) is 0 Å². The van der Waals surface area contributed by atoms with Gasteiger partial charge in [-0.25, -0.2) is 0 Å². The van der Waals surface area contributed by atoms with Crippen molar-refractivity contribution in [1.82, 2.24) is 0 Å². The lowest BCUT2D eigenvalue weighted by Crippen LogP contribution is -1.98. The molecule has 0 aromatic heterocycles. The van der Waals surface area contributed by atoms with E-state index in [-0.39, 0.29) is 0 Å². The molecule has 84 valence electrons. The van der Waals surface area contributed by atoms with Crippen molar-refractivity contribution in [1.29, 1.82) is 0 Å². The third-order valence-corrected chi connectivity index (χ3v) is 3.19. The van der Waals surface area contributed by atoms with E-state index < -0.39 is 0 Å². The standard InChI is InChI=1S/C13H20OS/c1-11-6-7-13(10-12(11)2)14-8-4-5-9-15-3/h6-7,10H,4-5,8-9H2,1-3H3. The summed E-state index contributed by atoms with van der Waals surface area (Å²) in [6.07, 6.45) is 4.53. The molecule has 0 fully saturated rings. The summed E-state index contributed by atoms with van der Waals surface area (Å²) in [5.41, 5.74) is 2.63. The average molecular weight is 224 g/mol. The SMILES string of the molecule is CSCCCCOc1ccc(C)c(C)c1. The van der Waals surface area contributed by atoms with Crippen LogP contribution in [-0.2, 0) is 0 Å². The van der Waals surface area contributed by atoms with Crippen LogP contribution in [-0.4, -0.2) is 18.6 Å². The molecule has 0 aliphatic carbocycles. The van der Waals surface area contributed by atoms with Crippen molar-refractivity contribution < 1.29 is 4.74 Å². The molecule has 1 nitrogen and oxygen atoms in total. The van der Waals surface area contributed by atoms with Crippen molar-refractivity contribution in [3.63, 3.8) is 0 Å². The zero-order valence-corrected chi connectivity index (χ0v) is 10.7. The van der Waals surface area contributed by atoms with E-state index >= 15 is 0 Å². The van der Waals surface area contributed by atoms with E-state index in [1.807, 2.05) is 11.8 Å². The first-order valence-corrected chi connectivity index (χ1v) is 6.82. The van der Waals surface area contributed by atoms with Crippen LogP contribution < -0.4 is 4.74 Å². The van der Waals surface area contributed by atoms with Crippen molar-refractivity contribution in [2.75, 3.05) is 18.6 Å². The maximum Gasteiger partial charge on any atom is 0.119 e. The predicted octanol–water partition coefficient (Wildman–Crippen LogP) is 3.83. The van der Waals surface area contributed by atoms with Gasteiger partial charge in [0.05, 0.1) is 6.61 Å². The summed E-state index contributed by atoms with van der Waals surface area (Å²) in [7, 11) is 0. The van der Waals surface area contributed by atoms with Crippen LogP contribution in [0.1, 0.15) is 24.0 Å². The van der Waals surface area contributed by atoms with E-state index in [1.165, 1.54) is 23.3 Å². The molecule has 0 bridgehead atoms. The van der Waals surface area contributed by atoms with Crippen LogP contribution >= 0.6 is 11.8 Å². The molecule has 0 atom stereocenters. The Kier molecular flexibility index (Phi) is 5.62. The van der Waals surface area contributed by atoms with Gasteiger partial charge >= 0.3 is 0 Å². The lowest BCUT2D eigenvalue weighted by atomic mass is 10.1. The molecule has 0 aliphatic heterocycles. The summed E-state index contributed by atoms with van der Waals surface area (Å²) in [6, 6.07) is 6.29. The first kappa shape index (κ1) is 12.4. The van der Waals surface area contributed by atoms with Gasteiger partial charge in [0.1, 0.15) is 5.75 Å². The summed E-state index contributed by atoms with van der Waals surface area (Å²) in [5.74, 6) is 2.23. The molecule has 1 rings (SSSR count). The summed E-state index contributed by atoms with van der Waals surface area (Å²) >= 11 is 1.90. The minimum atomic E-state index is 0.836. The maximum atomic E-state index is 5.68. The van der Waals surface area contributed by atoms with Crippen LogP contribution in [0.4, 0.5) is 0 Å². The number of benzene rings is 1. The Morgan fingerprint density at radius 3 is 2.60 bits per heavy atom. The molecule has 0 saturated carbocycles. The highest BCUT2D eigenvalue weighted by Crippen LogP contribution is 2.16. The van der Waals surface area contributed by atoms with Crippen LogP contribution in [0.2, 0.25) is 0 Å². The predicted molar refractivity (Wildman–Crippen MR) is 69.0 cm³/mol. The number of rotatable bonds is 6. The number of unbranched alkanes of at least 4 members (excludes halogenated alkanes) is 1. The molecule has 0 amide bonds. The highest BCUT2D eigenvalue weighted by atomic mass is 32.2. The smallest absolute Gasteiger partial charge is 0.119 e. The van der Waals surface area contributed by atoms with Crippen molar-refractivity contribution >= 4 is 11.8 Å². The monoisotopic (exact) mass is 224 g/mol. The first-order chi connectivity index (χ1) is 7.24. The van der Waals surface area contributed by atoms with E-state index in [4.69, 9.17) is 4.74 Å². The summed E-state index contributed by atoms with van der Waals surface area (Å²) in [5, 5.41) is 0. The second-order valence-electron chi connectivity index (χ2n) is 3.79. The van der Waals surface area contributed by atoms with Crippen molar-refractivity contribution in [2.24, 2.45) is 0 Å². The quantitative estimate of drug-likeness (QED) is 0.679. The Bertz CT molecular complexity index is 297. The molecule has 0 radical (unpaired) electrons. The Hall–Kier alpha value is -0.630. The summed E-state index contributed by atoms with van der Waals surface area (Å²) in [4.78, 5) is 0. The molecule has 0 unspecified atom stereocenters. The van der Waals surface area contributed by atoms with Crippen molar-refractivity contribution in [3.8, 4) is 5.75 Å². The van der Waals surface area contributed by atoms with Gasteiger partial charge < -0.3 is 4.74 Å². The van der Waals surface area contributed by atoms with Gasteiger partial charge in [-0.3, -0.25) is 0 Å². The van der Waals surface area contributed by atoms with Crippen molar-refractivity contribution in [3.05, 3.63) is 29.3 Å². The third kappa shape index (κ3) is 4.61. The zero-order chi connectivity index (χ0) is 11.1. The molecule has 0 saturated heterocycles. The van der Waals surface area contributed by atoms with E-state index in [2.05, 4.69) is 38.3 Å². The molecule has 0 spiro atoms. The Morgan fingerprint density at radius 1 is 1.13 bits per heavy atom. The van der Waals surface area contributed by atoms with Gasteiger partial charge in [0.15, 0.2) is 0 Å². The van der Waals surface area contributed by atoms with Gasteiger partial charge in [-0.1, -0.05) is 6.07 Å². The molecular formula is C13H20OS. The molecular weight excluding hydrogens is 204 g/mol. The van der Waals surface area contributed by atoms with Crippen LogP contribution in [0.5, 0.6) is 5.75 Å². The molecule has 0 N–H and O–H groups in total. The van der Waals surface area contributed by atoms with Crippen molar-refractivity contribution in [2.45, 2.75) is 26.7 Å². The molecule has 15 heavy (non-hydrogen) atoms. The average Bonchev–Trinajstić information content (AvgIpc) is 2.23. The van der Waals surface area contributed by atoms with Gasteiger partial charge in [0.25, 0.3) is 0 Å². The van der Waals surface area contributed by atoms with Crippen LogP contribution in [0, 0.1) is 13.8 Å². The topological polar surface area (TPSA) is 9.23 Å². The lowest BCUT2D eigenvalue weighted by Gasteiger charge is -2.07. The number of thioether (sulfide) groups is 1. The van der Waals surface area contributed by atoms with Gasteiger partial charge in [-0.15, -0.1) is 0 Å². The fourth-order valence-corrected chi connectivity index (χ4v) is 1.83. The highest BCUT2D eigenvalue weighted by Gasteiger charge is 1.96. The molecule has 1 aromatic carbocycles. The van der Waals surface area contributed by atoms with E-state index in [0.717, 1.165) is 18.8 Å². The minimum absolute atomic E-state index is 0.836. The van der Waals surface area contributed by atoms with Gasteiger partial charge in [-0.2, -0.15) is 11.8 Å². The Balaban J connectivity index is 2.28. The van der Waals surface area contributed by atoms with Crippen LogP contribution in [0.25, 0.3) is 0 Å². The van der Waals surface area contributed by atoms with Gasteiger partial charge in [0.2, 0.25) is 0 Å². The van der Waals surface area contributed by atoms with E-state index in [0.29, 0.717) is 0 Å². The van der Waals surface area contributed by atoms with Gasteiger partial charge in [0, 0.05) is 0 Å². The van der Waals surface area contributed by atoms with E-state index in [1.54, 1.807) is 0 Å². The minimum Gasteiger partial charge on any atom is -0.494 e. The molecule has 0 aliphatic rings. The molecule has 0 heterocycles. The summed E-state index contributed by atoms with van der Waals surface area (Å²) < 4.78 is 5.68. The second-order valence-corrected chi connectivity index (χ2v) is 4.78. The maximum absolute atomic E-state index is 5.68. The molecule has 1 aromatic rings. The Morgan fingerprint density at radius 2 is 1.93 bits per heavy atom. The first-order valence-electron chi connectivity index (χ1n) is 5.43. The largest absolute Gasteiger partial charge is 0.494 e. The number of hydrogen-bond acceptors (Lipinski definition) is 2. The second kappa shape index (κ2) is 6.78. The van der Waals surface area contributed by atoms with Gasteiger partial charge in [-0.05, 0) is 62.0 Å². The fourth-order valence-electron chi connectivity index (χ4n) is 1.34. The normalized spacial score (nSPS) is 10.3. The number of aryl methyl sites for hydroxylation is 2. The van der Waals surface area contributed by atoms with Crippen LogP contribution in [0.15, 0.2) is 18.2 Å². The lowest BCUT2D eigenvalue weighted by molar-refractivity contribution is 0.309. The zero-order valence-electron chi connectivity index (χ0n) is 9.88. The summed E-state index contributed by atoms with van der Waals surface area (Å²) in [6.45, 7) is 5.08. The Labute approximate surface area is 97.2 Å². The highest BCUT2D eigenvalue weighted by molar-refractivity contribution is 7.98. The number of ether oxygens (including phenoxy) is 1. The fraction of sp³-hybridized carbons (Fsp3) is 0.538. The van der Waals surface area contributed by atoms with E-state index in [9.17, 15) is 0 Å². The third-order valence-electron chi connectivity index (χ3n) is 2.49. The number of hydrogen-bond donors (Lipinski definition) is 0. The molecule has 2 heteroatoms.